The van der Waals surface area contributed by atoms with Crippen molar-refractivity contribution in [2.24, 2.45) is 0 Å². The van der Waals surface area contributed by atoms with Crippen molar-refractivity contribution < 1.29 is 24.6 Å². The SMILES string of the molecule is CNC(=O)NC(=O)/C(C#N)=C\NC[C@@H](O)CC(=O)O. The average molecular weight is 270 g/mol. The topological polar surface area (TPSA) is 152 Å². The van der Waals surface area contributed by atoms with E-state index in [0.717, 1.165) is 6.20 Å². The van der Waals surface area contributed by atoms with E-state index in [-0.39, 0.29) is 12.1 Å². The van der Waals surface area contributed by atoms with Gasteiger partial charge in [0.2, 0.25) is 0 Å². The molecule has 0 saturated carbocycles. The summed E-state index contributed by atoms with van der Waals surface area (Å²) in [5, 5.41) is 32.7. The van der Waals surface area contributed by atoms with Crippen molar-refractivity contribution in [3.63, 3.8) is 0 Å². The lowest BCUT2D eigenvalue weighted by Crippen LogP contribution is -2.38. The van der Waals surface area contributed by atoms with Crippen molar-refractivity contribution >= 4 is 17.9 Å². The molecule has 0 aromatic heterocycles. The average Bonchev–Trinajstić information content (AvgIpc) is 2.33. The van der Waals surface area contributed by atoms with Gasteiger partial charge in [-0.25, -0.2) is 4.79 Å². The molecule has 0 unspecified atom stereocenters. The van der Waals surface area contributed by atoms with Crippen LogP contribution in [0.25, 0.3) is 0 Å². The van der Waals surface area contributed by atoms with Crippen molar-refractivity contribution in [3.05, 3.63) is 11.8 Å². The van der Waals surface area contributed by atoms with Crippen molar-refractivity contribution in [2.75, 3.05) is 13.6 Å². The van der Waals surface area contributed by atoms with Crippen LogP contribution in [0.3, 0.4) is 0 Å². The summed E-state index contributed by atoms with van der Waals surface area (Å²) < 4.78 is 0. The molecule has 0 spiro atoms. The molecule has 9 heteroatoms. The van der Waals surface area contributed by atoms with E-state index < -0.39 is 30.4 Å². The molecule has 0 aliphatic carbocycles. The summed E-state index contributed by atoms with van der Waals surface area (Å²) in [6, 6.07) is 0.788. The third kappa shape index (κ3) is 7.35. The number of rotatable bonds is 6. The van der Waals surface area contributed by atoms with E-state index >= 15 is 0 Å². The Bertz CT molecular complexity index is 426. The Morgan fingerprint density at radius 3 is 2.53 bits per heavy atom. The van der Waals surface area contributed by atoms with Crippen LogP contribution >= 0.6 is 0 Å². The highest BCUT2D eigenvalue weighted by molar-refractivity contribution is 6.05. The minimum atomic E-state index is -1.17. The zero-order chi connectivity index (χ0) is 14.8. The van der Waals surface area contributed by atoms with Gasteiger partial charge in [-0.2, -0.15) is 5.26 Å². The van der Waals surface area contributed by atoms with Gasteiger partial charge >= 0.3 is 12.0 Å². The Hall–Kier alpha value is -2.60. The van der Waals surface area contributed by atoms with Gasteiger partial charge in [0.25, 0.3) is 5.91 Å². The van der Waals surface area contributed by atoms with Crippen LogP contribution in [-0.2, 0) is 9.59 Å². The number of amides is 3. The molecule has 5 N–H and O–H groups in total. The van der Waals surface area contributed by atoms with Crippen LogP contribution in [0.4, 0.5) is 4.79 Å². The summed E-state index contributed by atoms with van der Waals surface area (Å²) in [7, 11) is 1.30. The van der Waals surface area contributed by atoms with Gasteiger partial charge in [-0.3, -0.25) is 14.9 Å². The molecule has 0 rings (SSSR count). The van der Waals surface area contributed by atoms with Gasteiger partial charge < -0.3 is 20.8 Å². The number of imide groups is 1. The lowest BCUT2D eigenvalue weighted by molar-refractivity contribution is -0.139. The number of carbonyl (C=O) groups is 3. The summed E-state index contributed by atoms with van der Waals surface area (Å²) in [6.45, 7) is -0.148. The second-order valence-corrected chi connectivity index (χ2v) is 3.36. The Morgan fingerprint density at radius 2 is 2.05 bits per heavy atom. The number of hydrogen-bond acceptors (Lipinski definition) is 6. The lowest BCUT2D eigenvalue weighted by Gasteiger charge is -2.07. The molecule has 19 heavy (non-hydrogen) atoms. The van der Waals surface area contributed by atoms with E-state index in [9.17, 15) is 19.5 Å². The largest absolute Gasteiger partial charge is 0.481 e. The predicted molar refractivity (Wildman–Crippen MR) is 62.6 cm³/mol. The molecule has 3 amide bonds. The van der Waals surface area contributed by atoms with Gasteiger partial charge in [0, 0.05) is 19.8 Å². The Labute approximate surface area is 108 Å². The summed E-state index contributed by atoms with van der Waals surface area (Å²) in [4.78, 5) is 32.4. The molecule has 1 atom stereocenters. The summed E-state index contributed by atoms with van der Waals surface area (Å²) in [5.74, 6) is -2.08. The summed E-state index contributed by atoms with van der Waals surface area (Å²) >= 11 is 0. The zero-order valence-corrected chi connectivity index (χ0v) is 10.1. The third-order valence-electron chi connectivity index (χ3n) is 1.83. The number of aliphatic hydroxyl groups excluding tert-OH is 1. The highest BCUT2D eigenvalue weighted by Gasteiger charge is 2.12. The van der Waals surface area contributed by atoms with Crippen LogP contribution in [0.15, 0.2) is 11.8 Å². The van der Waals surface area contributed by atoms with Crippen molar-refractivity contribution in [1.82, 2.24) is 16.0 Å². The monoisotopic (exact) mass is 270 g/mol. The van der Waals surface area contributed by atoms with Gasteiger partial charge in [-0.1, -0.05) is 0 Å². The van der Waals surface area contributed by atoms with Crippen molar-refractivity contribution in [2.45, 2.75) is 12.5 Å². The summed E-state index contributed by atoms with van der Waals surface area (Å²) in [5.41, 5.74) is -0.383. The van der Waals surface area contributed by atoms with Crippen LogP contribution < -0.4 is 16.0 Å². The van der Waals surface area contributed by atoms with Crippen LogP contribution in [0.5, 0.6) is 0 Å². The number of aliphatic hydroxyl groups is 1. The minimum absolute atomic E-state index is 0.148. The van der Waals surface area contributed by atoms with Gasteiger partial charge in [0.15, 0.2) is 0 Å². The lowest BCUT2D eigenvalue weighted by atomic mass is 10.2. The molecule has 0 saturated heterocycles. The number of nitrogens with one attached hydrogen (secondary N) is 3. The number of carboxylic acids is 1. The molecule has 0 aromatic rings. The number of carbonyl (C=O) groups excluding carboxylic acids is 2. The number of urea groups is 1. The maximum atomic E-state index is 11.3. The minimum Gasteiger partial charge on any atom is -0.481 e. The molecule has 0 aromatic carbocycles. The molecule has 0 heterocycles. The fraction of sp³-hybridized carbons (Fsp3) is 0.400. The number of hydrogen-bond donors (Lipinski definition) is 5. The fourth-order valence-corrected chi connectivity index (χ4v) is 0.952. The molecule has 104 valence electrons. The number of nitriles is 1. The van der Waals surface area contributed by atoms with Gasteiger partial charge in [-0.15, -0.1) is 0 Å². The normalized spacial score (nSPS) is 11.9. The van der Waals surface area contributed by atoms with Crippen molar-refractivity contribution in [3.8, 4) is 6.07 Å². The molecular weight excluding hydrogens is 256 g/mol. The van der Waals surface area contributed by atoms with Crippen LogP contribution in [-0.4, -0.2) is 47.8 Å². The smallest absolute Gasteiger partial charge is 0.321 e. The maximum absolute atomic E-state index is 11.3. The number of aliphatic carboxylic acids is 1. The second kappa shape index (κ2) is 8.48. The molecule has 0 aliphatic rings. The number of carboxylic acid groups (broad SMARTS) is 1. The zero-order valence-electron chi connectivity index (χ0n) is 10.1. The fourth-order valence-electron chi connectivity index (χ4n) is 0.952. The van der Waals surface area contributed by atoms with Gasteiger partial charge in [0.05, 0.1) is 12.5 Å². The van der Waals surface area contributed by atoms with E-state index in [4.69, 9.17) is 10.4 Å². The van der Waals surface area contributed by atoms with Gasteiger partial charge in [-0.05, 0) is 0 Å². The molecule has 0 aliphatic heterocycles. The maximum Gasteiger partial charge on any atom is 0.321 e. The first-order chi connectivity index (χ1) is 8.90. The van der Waals surface area contributed by atoms with Crippen molar-refractivity contribution in [1.29, 1.82) is 5.26 Å². The molecule has 9 nitrogen and oxygen atoms in total. The van der Waals surface area contributed by atoms with Crippen LogP contribution in [0.1, 0.15) is 6.42 Å². The third-order valence-corrected chi connectivity index (χ3v) is 1.83. The van der Waals surface area contributed by atoms with Gasteiger partial charge in [0.1, 0.15) is 11.6 Å². The Balaban J connectivity index is 4.34. The first kappa shape index (κ1) is 16.4. The second-order valence-electron chi connectivity index (χ2n) is 3.36. The number of nitrogens with zero attached hydrogens (tertiary/aromatic N) is 1. The van der Waals surface area contributed by atoms with E-state index in [1.807, 2.05) is 5.32 Å². The van der Waals surface area contributed by atoms with Crippen LogP contribution in [0, 0.1) is 11.3 Å². The van der Waals surface area contributed by atoms with E-state index in [2.05, 4.69) is 10.6 Å². The first-order valence-electron chi connectivity index (χ1n) is 5.17. The quantitative estimate of drug-likeness (QED) is 0.284. The molecular formula is C10H14N4O5. The molecule has 0 bridgehead atoms. The predicted octanol–water partition coefficient (Wildman–Crippen LogP) is -1.73. The molecule has 0 fully saturated rings. The standard InChI is InChI=1S/C10H14N4O5/c1-12-10(19)14-9(18)6(3-11)4-13-5-7(15)2-8(16)17/h4,7,13,15H,2,5H2,1H3,(H,16,17)(H2,12,14,18,19)/b6-4-/t7-/m0/s1. The van der Waals surface area contributed by atoms with E-state index in [1.54, 1.807) is 6.07 Å². The van der Waals surface area contributed by atoms with Crippen LogP contribution in [0.2, 0.25) is 0 Å². The van der Waals surface area contributed by atoms with E-state index in [1.165, 1.54) is 7.05 Å². The Kier molecular flexibility index (Phi) is 7.32. The molecule has 0 radical (unpaired) electrons. The first-order valence-corrected chi connectivity index (χ1v) is 5.17. The highest BCUT2D eigenvalue weighted by Crippen LogP contribution is 1.93. The highest BCUT2D eigenvalue weighted by atomic mass is 16.4. The summed E-state index contributed by atoms with van der Waals surface area (Å²) in [6.07, 6.45) is -0.632. The van der Waals surface area contributed by atoms with E-state index in [0.29, 0.717) is 0 Å². The Morgan fingerprint density at radius 1 is 1.42 bits per heavy atom.